The third kappa shape index (κ3) is 3.85. The quantitative estimate of drug-likeness (QED) is 0.291. The van der Waals surface area contributed by atoms with Gasteiger partial charge in [-0.15, -0.1) is 0 Å². The number of allylic oxidation sites excluding steroid dienone is 3. The van der Waals surface area contributed by atoms with Crippen molar-refractivity contribution in [2.45, 2.75) is 0 Å². The van der Waals surface area contributed by atoms with Gasteiger partial charge in [-0.3, -0.25) is 0 Å². The number of methoxy groups -OCH3 is 1. The molecule has 0 unspecified atom stereocenters. The molecule has 0 atom stereocenters. The molecule has 1 aliphatic rings. The maximum absolute atomic E-state index is 5.38. The number of hydrogen-bond acceptors (Lipinski definition) is 3. The Kier molecular flexibility index (Phi) is 6.78. The molecule has 0 aliphatic carbocycles. The van der Waals surface area contributed by atoms with Crippen LogP contribution in [0.1, 0.15) is 0 Å². The Labute approximate surface area is 102 Å². The number of nitrogens with zero attached hydrogens (tertiary/aromatic N) is 1. The third-order valence-corrected chi connectivity index (χ3v) is 50.3. The van der Waals surface area contributed by atoms with Gasteiger partial charge in [0.25, 0.3) is 0 Å². The van der Waals surface area contributed by atoms with E-state index in [1.807, 2.05) is 6.08 Å². The molecule has 1 rings (SSSR count). The van der Waals surface area contributed by atoms with Crippen molar-refractivity contribution in [2.75, 3.05) is 14.2 Å². The van der Waals surface area contributed by atoms with Gasteiger partial charge in [0.15, 0.2) is 0 Å². The molecule has 0 fully saturated rings. The van der Waals surface area contributed by atoms with Gasteiger partial charge >= 0.3 is 103 Å². The zero-order valence-electron chi connectivity index (χ0n) is 7.91. The van der Waals surface area contributed by atoms with Crippen molar-refractivity contribution in [3.05, 3.63) is 34.6 Å². The molecule has 14 heavy (non-hydrogen) atoms. The first kappa shape index (κ1) is 13.0. The Balaban J connectivity index is 2.51. The topological polar surface area (TPSA) is 30.8 Å². The van der Waals surface area contributed by atoms with Gasteiger partial charge in [0.05, 0.1) is 0 Å². The molecule has 6 heteroatoms. The van der Waals surface area contributed by atoms with Crippen LogP contribution in [0.15, 0.2) is 36.0 Å². The van der Waals surface area contributed by atoms with Crippen LogP contribution in [0.3, 0.4) is 0 Å². The summed E-state index contributed by atoms with van der Waals surface area (Å²) >= 11 is -1.89. The van der Waals surface area contributed by atoms with Crippen LogP contribution < -0.4 is 0 Å². The predicted octanol–water partition coefficient (Wildman–Crippen LogP) is 4.70. The number of ether oxygens (including phenoxy) is 1. The summed E-state index contributed by atoms with van der Waals surface area (Å²) in [6.45, 7) is 3.64. The summed E-state index contributed by atoms with van der Waals surface area (Å²) in [6, 6.07) is 0. The van der Waals surface area contributed by atoms with E-state index in [0.29, 0.717) is 0 Å². The second-order valence-electron chi connectivity index (χ2n) is 1.99. The predicted molar refractivity (Wildman–Crippen MR) is 85.9 cm³/mol. The molecule has 0 bridgehead atoms. The zero-order valence-corrected chi connectivity index (χ0v) is 14.4. The summed E-state index contributed by atoms with van der Waals surface area (Å²) in [4.78, 5) is 0. The van der Waals surface area contributed by atoms with Gasteiger partial charge in [0, 0.05) is 0 Å². The normalized spacial score (nSPS) is 21.7. The molecule has 0 amide bonds. The van der Waals surface area contributed by atoms with Crippen molar-refractivity contribution in [3.63, 3.8) is 0 Å². The fraction of sp³-hybridized carbons (Fsp3) is 0.250. The summed E-state index contributed by atoms with van der Waals surface area (Å²) in [5.74, 6) is 0.875. The van der Waals surface area contributed by atoms with Crippen molar-refractivity contribution in [1.29, 1.82) is 0 Å². The molecule has 0 spiro atoms. The van der Waals surface area contributed by atoms with Crippen LogP contribution in [0.5, 0.6) is 0 Å². The first-order valence-electron chi connectivity index (χ1n) is 3.67. The van der Waals surface area contributed by atoms with Crippen LogP contribution in [0.4, 0.5) is 0 Å². The summed E-state index contributed by atoms with van der Waals surface area (Å²) in [6.07, 6.45) is 5.66. The molecule has 0 aromatic rings. The van der Waals surface area contributed by atoms with E-state index in [-0.39, 0.29) is 17.1 Å². The molecule has 0 saturated carbocycles. The first-order valence-corrected chi connectivity index (χ1v) is 20.3. The fourth-order valence-corrected chi connectivity index (χ4v) is 36.7. The van der Waals surface area contributed by atoms with E-state index >= 15 is 0 Å². The Morgan fingerprint density at radius 2 is 2.29 bits per heavy atom. The number of hydrogen-bond donors (Lipinski definition) is 0. The van der Waals surface area contributed by atoms with Gasteiger partial charge in [0.1, 0.15) is 0 Å². The molecule has 1 aliphatic heterocycles. The van der Waals surface area contributed by atoms with E-state index in [1.165, 1.54) is 0 Å². The minimum absolute atomic E-state index is 0.162. The molecular weight excluding hydrogens is 523 g/mol. The Morgan fingerprint density at radius 3 is 2.71 bits per heavy atom. The summed E-state index contributed by atoms with van der Waals surface area (Å²) in [5.41, 5.74) is 0. The molecule has 0 saturated heterocycles. The average Bonchev–Trinajstić information content (AvgIpc) is 2.15. The van der Waals surface area contributed by atoms with Crippen LogP contribution in [0, 0.1) is 0 Å². The summed E-state index contributed by atoms with van der Waals surface area (Å²) in [7, 11) is 3.47. The van der Waals surface area contributed by atoms with Gasteiger partial charge in [-0.1, -0.05) is 0 Å². The molecule has 0 N–H and O–H groups in total. The fourth-order valence-electron chi connectivity index (χ4n) is 0.633. The van der Waals surface area contributed by atoms with Crippen molar-refractivity contribution in [3.8, 4) is 0 Å². The van der Waals surface area contributed by atoms with Gasteiger partial charge in [-0.2, -0.15) is 0 Å². The van der Waals surface area contributed by atoms with Gasteiger partial charge in [-0.05, 0) is 0 Å². The second kappa shape index (κ2) is 7.28. The van der Waals surface area contributed by atoms with E-state index in [9.17, 15) is 0 Å². The number of rotatable bonds is 5. The first-order chi connectivity index (χ1) is 6.81. The molecule has 0 radical (unpaired) electrons. The number of halogens is 3. The van der Waals surface area contributed by atoms with Crippen LogP contribution in [-0.4, -0.2) is 14.2 Å². The van der Waals surface area contributed by atoms with E-state index in [1.54, 1.807) is 20.3 Å². The van der Waals surface area contributed by atoms with E-state index in [2.05, 4.69) is 18.1 Å². The van der Waals surface area contributed by atoms with Crippen LogP contribution >= 0.6 is 45.5 Å². The van der Waals surface area contributed by atoms with E-state index < -0.39 is 28.4 Å². The molecule has 0 aromatic carbocycles. The molecule has 1 heterocycles. The molecule has 3 nitrogen and oxygen atoms in total. The van der Waals surface area contributed by atoms with E-state index in [0.717, 1.165) is 5.76 Å². The maximum atomic E-state index is 5.38. The van der Waals surface area contributed by atoms with Crippen LogP contribution in [0.2, 0.25) is 0 Å². The Bertz CT molecular complexity index is 288. The standard InChI is InChI=1S/C8H12I3NO2/c1-4-5-8(13-2)6-7-10-9-12-11(10)14-3/h4-7H,1H2,2-3H3/b7-6-,8-5+. The molecular formula is C8H12I3NO2. The van der Waals surface area contributed by atoms with Crippen LogP contribution in [-0.2, 0) is 7.80 Å². The summed E-state index contributed by atoms with van der Waals surface area (Å²) in [5, 5.41) is 0. The Hall–Kier alpha value is 0.970. The van der Waals surface area contributed by atoms with Gasteiger partial charge < -0.3 is 0 Å². The SMILES string of the molecule is C=C/C=C(\C=C/I1I=NI1OC)OC. The average molecular weight is 535 g/mol. The third-order valence-electron chi connectivity index (χ3n) is 1.22. The molecule has 0 aromatic heterocycles. The van der Waals surface area contributed by atoms with E-state index in [4.69, 9.17) is 7.80 Å². The zero-order chi connectivity index (χ0) is 10.4. The van der Waals surface area contributed by atoms with Crippen molar-refractivity contribution >= 4 is 45.5 Å². The van der Waals surface area contributed by atoms with Gasteiger partial charge in [0.2, 0.25) is 0 Å². The van der Waals surface area contributed by atoms with Crippen molar-refractivity contribution < 1.29 is 7.80 Å². The monoisotopic (exact) mass is 535 g/mol. The van der Waals surface area contributed by atoms with Crippen LogP contribution in [0.25, 0.3) is 0 Å². The minimum atomic E-state index is -1.21. The van der Waals surface area contributed by atoms with Crippen molar-refractivity contribution in [2.24, 2.45) is 1.36 Å². The molecule has 82 valence electrons. The summed E-state index contributed by atoms with van der Waals surface area (Å²) < 4.78 is 17.4. The second-order valence-corrected chi connectivity index (χ2v) is 38.5. The van der Waals surface area contributed by atoms with Gasteiger partial charge in [-0.25, -0.2) is 0 Å². The Morgan fingerprint density at radius 1 is 1.50 bits per heavy atom. The van der Waals surface area contributed by atoms with Crippen molar-refractivity contribution in [1.82, 2.24) is 0 Å².